The van der Waals surface area contributed by atoms with Gasteiger partial charge < -0.3 is 35.1 Å². The van der Waals surface area contributed by atoms with Crippen molar-refractivity contribution >= 4 is 29.3 Å². The summed E-state index contributed by atoms with van der Waals surface area (Å²) in [4.78, 5) is 29.9. The molecule has 2 saturated heterocycles. The minimum atomic E-state index is -0.258. The van der Waals surface area contributed by atoms with Crippen LogP contribution >= 0.6 is 11.6 Å². The number of hydrogen-bond acceptors (Lipinski definition) is 7. The number of amides is 2. The molecule has 2 amide bonds. The lowest BCUT2D eigenvalue weighted by Gasteiger charge is -2.41. The zero-order chi connectivity index (χ0) is 26.4. The van der Waals surface area contributed by atoms with Gasteiger partial charge in [0.05, 0.1) is 35.5 Å². The Morgan fingerprint density at radius 1 is 1.05 bits per heavy atom. The predicted octanol–water partition coefficient (Wildman–Crippen LogP) is 3.93. The van der Waals surface area contributed by atoms with Crippen molar-refractivity contribution in [3.63, 3.8) is 0 Å². The molecule has 0 spiro atoms. The van der Waals surface area contributed by atoms with Crippen LogP contribution < -0.4 is 15.8 Å². The Hall–Kier alpha value is -2.23. The molecule has 0 unspecified atom stereocenters. The topological polar surface area (TPSA) is 106 Å². The number of piperidine rings is 2. The number of hydrogen-bond donors (Lipinski definition) is 2. The second-order valence-electron chi connectivity index (χ2n) is 10.6. The summed E-state index contributed by atoms with van der Waals surface area (Å²) in [7, 11) is 3.19. The summed E-state index contributed by atoms with van der Waals surface area (Å²) >= 11 is 6.15. The Kier molecular flexibility index (Phi) is 9.78. The van der Waals surface area contributed by atoms with Gasteiger partial charge in [0, 0.05) is 45.9 Å². The lowest BCUT2D eigenvalue weighted by Crippen LogP contribution is -2.55. The van der Waals surface area contributed by atoms with Gasteiger partial charge in [-0.3, -0.25) is 4.79 Å². The standard InChI is InChI=1S/C27H41ClN4O5/c1-35-24-15-22(29)21(28)14-20(24)26(33)30-23-10-11-31(17-25(23)36-2)16-18-8-12-32(13-9-18)27(34)37-19-6-4-3-5-7-19/h14-15,18-19,23,25H,3-13,16-17,29H2,1-2H3,(H,30,33)/t23-,25+/m0/s1. The second kappa shape index (κ2) is 13.0. The zero-order valence-electron chi connectivity index (χ0n) is 22.0. The van der Waals surface area contributed by atoms with E-state index in [0.717, 1.165) is 77.7 Å². The van der Waals surface area contributed by atoms with E-state index in [4.69, 9.17) is 31.5 Å². The van der Waals surface area contributed by atoms with Crippen molar-refractivity contribution < 1.29 is 23.8 Å². The smallest absolute Gasteiger partial charge is 0.410 e. The number of nitrogens with one attached hydrogen (secondary N) is 1. The van der Waals surface area contributed by atoms with Gasteiger partial charge in [0.25, 0.3) is 5.91 Å². The summed E-state index contributed by atoms with van der Waals surface area (Å²) in [6, 6.07) is 2.99. The molecule has 1 aromatic carbocycles. The molecule has 1 aromatic rings. The van der Waals surface area contributed by atoms with E-state index in [2.05, 4.69) is 10.2 Å². The number of anilines is 1. The normalized spacial score (nSPS) is 24.0. The third kappa shape index (κ3) is 7.21. The summed E-state index contributed by atoms with van der Waals surface area (Å²) < 4.78 is 16.9. The Morgan fingerprint density at radius 3 is 2.46 bits per heavy atom. The van der Waals surface area contributed by atoms with Crippen molar-refractivity contribution in [2.24, 2.45) is 5.92 Å². The molecule has 37 heavy (non-hydrogen) atoms. The number of nitrogens with two attached hydrogens (primary N) is 1. The highest BCUT2D eigenvalue weighted by atomic mass is 35.5. The molecule has 0 bridgehead atoms. The molecule has 2 atom stereocenters. The summed E-state index contributed by atoms with van der Waals surface area (Å²) in [6.45, 7) is 4.08. The van der Waals surface area contributed by atoms with Crippen molar-refractivity contribution in [2.75, 3.05) is 52.7 Å². The number of halogens is 1. The summed E-state index contributed by atoms with van der Waals surface area (Å²) in [5.41, 5.74) is 6.57. The van der Waals surface area contributed by atoms with Crippen LogP contribution in [0, 0.1) is 5.92 Å². The molecule has 9 nitrogen and oxygen atoms in total. The van der Waals surface area contributed by atoms with Crippen molar-refractivity contribution in [3.05, 3.63) is 22.7 Å². The fraction of sp³-hybridized carbons (Fsp3) is 0.704. The van der Waals surface area contributed by atoms with Crippen molar-refractivity contribution in [1.82, 2.24) is 15.1 Å². The molecular formula is C27H41ClN4O5. The van der Waals surface area contributed by atoms with Crippen LogP contribution in [0.25, 0.3) is 0 Å². The maximum atomic E-state index is 13.0. The summed E-state index contributed by atoms with van der Waals surface area (Å²) in [6.07, 6.45) is 8.14. The maximum absolute atomic E-state index is 13.0. The number of carbonyl (C=O) groups is 2. The van der Waals surface area contributed by atoms with E-state index in [1.54, 1.807) is 19.2 Å². The minimum absolute atomic E-state index is 0.102. The SMILES string of the molecule is COc1cc(N)c(Cl)cc1C(=O)N[C@H]1CCN(CC2CCN(C(=O)OC3CCCCC3)CC2)C[C@H]1OC. The first-order chi connectivity index (χ1) is 17.9. The monoisotopic (exact) mass is 536 g/mol. The molecule has 0 aromatic heterocycles. The lowest BCUT2D eigenvalue weighted by atomic mass is 9.94. The molecule has 3 aliphatic rings. The molecule has 0 radical (unpaired) electrons. The number of carbonyl (C=O) groups excluding carboxylic acids is 2. The molecule has 3 N–H and O–H groups in total. The maximum Gasteiger partial charge on any atom is 0.410 e. The van der Waals surface area contributed by atoms with Gasteiger partial charge in [0.1, 0.15) is 11.9 Å². The average Bonchev–Trinajstić information content (AvgIpc) is 2.91. The first-order valence-electron chi connectivity index (χ1n) is 13.5. The van der Waals surface area contributed by atoms with Gasteiger partial charge in [-0.1, -0.05) is 18.0 Å². The van der Waals surface area contributed by atoms with Gasteiger partial charge in [0.2, 0.25) is 0 Å². The largest absolute Gasteiger partial charge is 0.496 e. The Bertz CT molecular complexity index is 934. The fourth-order valence-corrected chi connectivity index (χ4v) is 5.94. The summed E-state index contributed by atoms with van der Waals surface area (Å²) in [5, 5.41) is 3.42. The minimum Gasteiger partial charge on any atom is -0.496 e. The molecule has 10 heteroatoms. The molecule has 1 saturated carbocycles. The van der Waals surface area contributed by atoms with E-state index in [1.165, 1.54) is 13.5 Å². The van der Waals surface area contributed by atoms with Gasteiger partial charge in [-0.05, 0) is 56.9 Å². The molecule has 206 valence electrons. The molecule has 3 fully saturated rings. The Morgan fingerprint density at radius 2 is 1.78 bits per heavy atom. The number of benzene rings is 1. The fourth-order valence-electron chi connectivity index (χ4n) is 5.78. The number of nitrogens with zero attached hydrogens (tertiary/aromatic N) is 2. The Labute approximate surface area is 224 Å². The summed E-state index contributed by atoms with van der Waals surface area (Å²) in [5.74, 6) is 0.662. The van der Waals surface area contributed by atoms with Gasteiger partial charge in [-0.2, -0.15) is 0 Å². The highest BCUT2D eigenvalue weighted by Crippen LogP contribution is 2.29. The van der Waals surface area contributed by atoms with Gasteiger partial charge in [-0.25, -0.2) is 4.79 Å². The number of nitrogen functional groups attached to an aromatic ring is 1. The first kappa shape index (κ1) is 27.8. The van der Waals surface area contributed by atoms with Gasteiger partial charge in [0.15, 0.2) is 0 Å². The van der Waals surface area contributed by atoms with Crippen LogP contribution in [0.3, 0.4) is 0 Å². The van der Waals surface area contributed by atoms with E-state index in [9.17, 15) is 9.59 Å². The van der Waals surface area contributed by atoms with E-state index >= 15 is 0 Å². The Balaban J connectivity index is 1.23. The van der Waals surface area contributed by atoms with Crippen molar-refractivity contribution in [3.8, 4) is 5.75 Å². The van der Waals surface area contributed by atoms with Crippen LogP contribution in [0.5, 0.6) is 5.75 Å². The quantitative estimate of drug-likeness (QED) is 0.508. The van der Waals surface area contributed by atoms with Crippen LogP contribution in [0.2, 0.25) is 5.02 Å². The average molecular weight is 537 g/mol. The molecular weight excluding hydrogens is 496 g/mol. The second-order valence-corrected chi connectivity index (χ2v) is 11.0. The highest BCUT2D eigenvalue weighted by molar-refractivity contribution is 6.33. The van der Waals surface area contributed by atoms with E-state index < -0.39 is 0 Å². The lowest BCUT2D eigenvalue weighted by molar-refractivity contribution is -0.00265. The number of rotatable bonds is 7. The van der Waals surface area contributed by atoms with E-state index in [1.807, 2.05) is 4.90 Å². The molecule has 4 rings (SSSR count). The van der Waals surface area contributed by atoms with E-state index in [0.29, 0.717) is 27.9 Å². The number of ether oxygens (including phenoxy) is 3. The molecule has 1 aliphatic carbocycles. The highest BCUT2D eigenvalue weighted by Gasteiger charge is 2.33. The van der Waals surface area contributed by atoms with Crippen LogP contribution in [-0.2, 0) is 9.47 Å². The first-order valence-corrected chi connectivity index (χ1v) is 13.9. The third-order valence-corrected chi connectivity index (χ3v) is 8.36. The zero-order valence-corrected chi connectivity index (χ0v) is 22.8. The molecule has 2 heterocycles. The van der Waals surface area contributed by atoms with Crippen LogP contribution in [-0.4, -0.2) is 87.0 Å². The third-order valence-electron chi connectivity index (χ3n) is 8.03. The van der Waals surface area contributed by atoms with Crippen LogP contribution in [0.15, 0.2) is 12.1 Å². The molecule has 2 aliphatic heterocycles. The van der Waals surface area contributed by atoms with E-state index in [-0.39, 0.29) is 30.3 Å². The van der Waals surface area contributed by atoms with Gasteiger partial charge >= 0.3 is 6.09 Å². The number of methoxy groups -OCH3 is 2. The van der Waals surface area contributed by atoms with Crippen LogP contribution in [0.4, 0.5) is 10.5 Å². The van der Waals surface area contributed by atoms with Crippen LogP contribution in [0.1, 0.15) is 61.7 Å². The van der Waals surface area contributed by atoms with Crippen molar-refractivity contribution in [1.29, 1.82) is 0 Å². The van der Waals surface area contributed by atoms with Gasteiger partial charge in [-0.15, -0.1) is 0 Å². The van der Waals surface area contributed by atoms with Crippen molar-refractivity contribution in [2.45, 2.75) is 69.6 Å². The number of likely N-dealkylation sites (tertiary alicyclic amines) is 2. The predicted molar refractivity (Wildman–Crippen MR) is 143 cm³/mol.